The SMILES string of the molecule is CCCCc1nnc(NC(=O)/C=C/c2cc(OC)c(OC)c(OC)c2)s1. The highest BCUT2D eigenvalue weighted by Crippen LogP contribution is 2.38. The average Bonchev–Trinajstić information content (AvgIpc) is 3.10. The van der Waals surface area contributed by atoms with Crippen LogP contribution in [0.2, 0.25) is 0 Å². The van der Waals surface area contributed by atoms with E-state index in [1.807, 2.05) is 0 Å². The molecule has 0 bridgehead atoms. The molecule has 2 aromatic rings. The number of anilines is 1. The molecule has 1 aromatic heterocycles. The van der Waals surface area contributed by atoms with E-state index in [0.717, 1.165) is 29.8 Å². The molecule has 0 aliphatic carbocycles. The third kappa shape index (κ3) is 5.19. The topological polar surface area (TPSA) is 82.6 Å². The fourth-order valence-electron chi connectivity index (χ4n) is 2.25. The maximum Gasteiger partial charge on any atom is 0.250 e. The third-order valence-electron chi connectivity index (χ3n) is 3.56. The minimum atomic E-state index is -0.281. The van der Waals surface area contributed by atoms with E-state index in [2.05, 4.69) is 22.4 Å². The van der Waals surface area contributed by atoms with Crippen molar-refractivity contribution in [2.45, 2.75) is 26.2 Å². The van der Waals surface area contributed by atoms with Gasteiger partial charge in [-0.15, -0.1) is 10.2 Å². The lowest BCUT2D eigenvalue weighted by atomic mass is 10.1. The Bertz CT molecular complexity index is 749. The van der Waals surface area contributed by atoms with Gasteiger partial charge in [0.15, 0.2) is 11.5 Å². The van der Waals surface area contributed by atoms with Crippen LogP contribution in [0.25, 0.3) is 6.08 Å². The first-order valence-electron chi connectivity index (χ1n) is 8.22. The number of benzene rings is 1. The molecule has 1 heterocycles. The van der Waals surface area contributed by atoms with Gasteiger partial charge in [-0.05, 0) is 30.2 Å². The number of amides is 1. The highest BCUT2D eigenvalue weighted by atomic mass is 32.1. The second-order valence-corrected chi connectivity index (χ2v) is 6.45. The Labute approximate surface area is 157 Å². The van der Waals surface area contributed by atoms with Crippen LogP contribution in [-0.2, 0) is 11.2 Å². The van der Waals surface area contributed by atoms with Crippen molar-refractivity contribution in [1.82, 2.24) is 10.2 Å². The van der Waals surface area contributed by atoms with Gasteiger partial charge in [-0.3, -0.25) is 10.1 Å². The second kappa shape index (κ2) is 9.76. The van der Waals surface area contributed by atoms with E-state index < -0.39 is 0 Å². The van der Waals surface area contributed by atoms with E-state index >= 15 is 0 Å². The highest BCUT2D eigenvalue weighted by Gasteiger charge is 2.12. The molecule has 0 radical (unpaired) electrons. The van der Waals surface area contributed by atoms with E-state index in [1.54, 1.807) is 39.5 Å². The number of hydrogen-bond donors (Lipinski definition) is 1. The van der Waals surface area contributed by atoms with Crippen LogP contribution in [0, 0.1) is 0 Å². The quantitative estimate of drug-likeness (QED) is 0.673. The van der Waals surface area contributed by atoms with Crippen LogP contribution in [0.5, 0.6) is 17.2 Å². The van der Waals surface area contributed by atoms with Crippen molar-refractivity contribution in [2.75, 3.05) is 26.6 Å². The van der Waals surface area contributed by atoms with E-state index in [0.29, 0.717) is 22.4 Å². The Kier molecular flexibility index (Phi) is 7.40. The maximum absolute atomic E-state index is 12.1. The largest absolute Gasteiger partial charge is 0.493 e. The monoisotopic (exact) mass is 377 g/mol. The molecule has 8 heteroatoms. The second-order valence-electron chi connectivity index (χ2n) is 5.39. The number of aryl methyl sites for hydroxylation is 1. The molecule has 0 saturated heterocycles. The Morgan fingerprint density at radius 1 is 1.15 bits per heavy atom. The molecule has 0 aliphatic rings. The lowest BCUT2D eigenvalue weighted by Gasteiger charge is -2.12. The fourth-order valence-corrected chi connectivity index (χ4v) is 3.03. The van der Waals surface area contributed by atoms with Gasteiger partial charge in [0.2, 0.25) is 16.8 Å². The molecule has 2 rings (SSSR count). The van der Waals surface area contributed by atoms with Gasteiger partial charge in [0, 0.05) is 12.5 Å². The van der Waals surface area contributed by atoms with Crippen molar-refractivity contribution in [3.05, 3.63) is 28.8 Å². The summed E-state index contributed by atoms with van der Waals surface area (Å²) in [5.74, 6) is 1.27. The summed E-state index contributed by atoms with van der Waals surface area (Å²) in [6.07, 6.45) is 6.13. The molecule has 0 unspecified atom stereocenters. The Hall–Kier alpha value is -2.61. The van der Waals surface area contributed by atoms with Gasteiger partial charge in [-0.1, -0.05) is 24.7 Å². The van der Waals surface area contributed by atoms with Crippen molar-refractivity contribution >= 4 is 28.5 Å². The predicted molar refractivity (Wildman–Crippen MR) is 102 cm³/mol. The summed E-state index contributed by atoms with van der Waals surface area (Å²) in [5, 5.41) is 12.2. The van der Waals surface area contributed by atoms with Crippen LogP contribution in [0.3, 0.4) is 0 Å². The van der Waals surface area contributed by atoms with E-state index in [9.17, 15) is 4.79 Å². The van der Waals surface area contributed by atoms with Crippen molar-refractivity contribution in [2.24, 2.45) is 0 Å². The van der Waals surface area contributed by atoms with E-state index in [4.69, 9.17) is 14.2 Å². The van der Waals surface area contributed by atoms with Crippen LogP contribution in [0.15, 0.2) is 18.2 Å². The van der Waals surface area contributed by atoms with Gasteiger partial charge in [0.05, 0.1) is 21.3 Å². The third-order valence-corrected chi connectivity index (χ3v) is 4.45. The first kappa shape index (κ1) is 19.7. The Morgan fingerprint density at radius 2 is 1.85 bits per heavy atom. The lowest BCUT2D eigenvalue weighted by Crippen LogP contribution is -2.07. The van der Waals surface area contributed by atoms with Gasteiger partial charge in [0.1, 0.15) is 5.01 Å². The number of nitrogens with zero attached hydrogens (tertiary/aromatic N) is 2. The zero-order valence-corrected chi connectivity index (χ0v) is 16.2. The number of ether oxygens (including phenoxy) is 3. The number of unbranched alkanes of at least 4 members (excludes halogenated alkanes) is 1. The summed E-state index contributed by atoms with van der Waals surface area (Å²) in [5.41, 5.74) is 0.746. The Morgan fingerprint density at radius 3 is 2.42 bits per heavy atom. The van der Waals surface area contributed by atoms with Crippen LogP contribution in [0.1, 0.15) is 30.3 Å². The Balaban J connectivity index is 2.06. The number of hydrogen-bond acceptors (Lipinski definition) is 7. The molecule has 0 atom stereocenters. The van der Waals surface area contributed by atoms with Gasteiger partial charge in [-0.25, -0.2) is 0 Å². The number of carbonyl (C=O) groups excluding carboxylic acids is 1. The molecule has 26 heavy (non-hydrogen) atoms. The summed E-state index contributed by atoms with van der Waals surface area (Å²) in [6.45, 7) is 2.12. The molecule has 0 spiro atoms. The molecule has 0 saturated carbocycles. The van der Waals surface area contributed by atoms with Crippen LogP contribution >= 0.6 is 11.3 Å². The smallest absolute Gasteiger partial charge is 0.250 e. The summed E-state index contributed by atoms with van der Waals surface area (Å²) in [4.78, 5) is 12.1. The van der Waals surface area contributed by atoms with Crippen molar-refractivity contribution < 1.29 is 19.0 Å². The maximum atomic E-state index is 12.1. The first-order chi connectivity index (χ1) is 12.6. The van der Waals surface area contributed by atoms with Crippen molar-refractivity contribution in [3.63, 3.8) is 0 Å². The number of aromatic nitrogens is 2. The van der Waals surface area contributed by atoms with Crippen LogP contribution in [0.4, 0.5) is 5.13 Å². The van der Waals surface area contributed by atoms with Gasteiger partial charge < -0.3 is 14.2 Å². The normalized spacial score (nSPS) is 10.8. The predicted octanol–water partition coefficient (Wildman–Crippen LogP) is 3.56. The molecule has 1 aromatic carbocycles. The van der Waals surface area contributed by atoms with Crippen molar-refractivity contribution in [3.8, 4) is 17.2 Å². The zero-order valence-electron chi connectivity index (χ0n) is 15.4. The number of methoxy groups -OCH3 is 3. The number of nitrogens with one attached hydrogen (secondary N) is 1. The standard InChI is InChI=1S/C18H23N3O4S/c1-5-6-7-16-20-21-18(26-16)19-15(22)9-8-12-10-13(23-2)17(25-4)14(11-12)24-3/h8-11H,5-7H2,1-4H3,(H,19,21,22)/b9-8+. The van der Waals surface area contributed by atoms with Crippen LogP contribution in [-0.4, -0.2) is 37.4 Å². The molecular formula is C18H23N3O4S. The molecular weight excluding hydrogens is 354 g/mol. The zero-order chi connectivity index (χ0) is 18.9. The first-order valence-corrected chi connectivity index (χ1v) is 9.04. The molecule has 1 N–H and O–H groups in total. The van der Waals surface area contributed by atoms with E-state index in [1.165, 1.54) is 17.4 Å². The van der Waals surface area contributed by atoms with Gasteiger partial charge in [-0.2, -0.15) is 0 Å². The molecule has 1 amide bonds. The van der Waals surface area contributed by atoms with Gasteiger partial charge in [0.25, 0.3) is 0 Å². The summed E-state index contributed by atoms with van der Waals surface area (Å²) in [6, 6.07) is 3.53. The lowest BCUT2D eigenvalue weighted by molar-refractivity contribution is -0.111. The number of rotatable bonds is 9. The molecule has 0 aliphatic heterocycles. The van der Waals surface area contributed by atoms with Crippen LogP contribution < -0.4 is 19.5 Å². The summed E-state index contributed by atoms with van der Waals surface area (Å²) < 4.78 is 15.9. The molecule has 7 nitrogen and oxygen atoms in total. The molecule has 0 fully saturated rings. The molecule has 140 valence electrons. The minimum Gasteiger partial charge on any atom is -0.493 e. The fraction of sp³-hybridized carbons (Fsp3) is 0.389. The minimum absolute atomic E-state index is 0.281. The highest BCUT2D eigenvalue weighted by molar-refractivity contribution is 7.15. The summed E-state index contributed by atoms with van der Waals surface area (Å²) in [7, 11) is 4.63. The van der Waals surface area contributed by atoms with E-state index in [-0.39, 0.29) is 5.91 Å². The average molecular weight is 377 g/mol. The van der Waals surface area contributed by atoms with Gasteiger partial charge >= 0.3 is 0 Å². The number of carbonyl (C=O) groups is 1. The summed E-state index contributed by atoms with van der Waals surface area (Å²) >= 11 is 1.40. The van der Waals surface area contributed by atoms with Crippen molar-refractivity contribution in [1.29, 1.82) is 0 Å².